The van der Waals surface area contributed by atoms with Crippen LogP contribution in [-0.2, 0) is 5.92 Å². The summed E-state index contributed by atoms with van der Waals surface area (Å²) in [6.07, 6.45) is 2.43. The van der Waals surface area contributed by atoms with E-state index in [9.17, 15) is 8.78 Å². The Morgan fingerprint density at radius 3 is 2.44 bits per heavy atom. The molecule has 0 amide bonds. The van der Waals surface area contributed by atoms with Crippen LogP contribution in [0.25, 0.3) is 0 Å². The molecule has 0 saturated heterocycles. The molecule has 3 heteroatoms. The van der Waals surface area contributed by atoms with Gasteiger partial charge >= 0.3 is 0 Å². The third-order valence-electron chi connectivity index (χ3n) is 3.50. The number of benzene rings is 1. The monoisotopic (exact) mass is 225 g/mol. The molecular weight excluding hydrogens is 208 g/mol. The second kappa shape index (κ2) is 3.81. The van der Waals surface area contributed by atoms with Gasteiger partial charge in [-0.05, 0) is 19.8 Å². The molecule has 1 nitrogen and oxygen atoms in total. The first-order valence-corrected chi connectivity index (χ1v) is 5.70. The van der Waals surface area contributed by atoms with Crippen molar-refractivity contribution < 1.29 is 8.78 Å². The lowest BCUT2D eigenvalue weighted by atomic mass is 9.85. The molecule has 1 aromatic rings. The van der Waals surface area contributed by atoms with Crippen LogP contribution < -0.4 is 5.73 Å². The summed E-state index contributed by atoms with van der Waals surface area (Å²) in [6.45, 7) is 1.82. The van der Waals surface area contributed by atoms with Gasteiger partial charge < -0.3 is 5.73 Å². The van der Waals surface area contributed by atoms with Crippen molar-refractivity contribution in [3.8, 4) is 0 Å². The van der Waals surface area contributed by atoms with Crippen LogP contribution in [0, 0.1) is 6.92 Å². The molecule has 16 heavy (non-hydrogen) atoms. The van der Waals surface area contributed by atoms with Crippen molar-refractivity contribution in [3.63, 3.8) is 0 Å². The fourth-order valence-corrected chi connectivity index (χ4v) is 2.45. The Bertz CT molecular complexity index is 381. The quantitative estimate of drug-likeness (QED) is 0.820. The van der Waals surface area contributed by atoms with Gasteiger partial charge in [0, 0.05) is 5.56 Å². The number of hydrogen-bond acceptors (Lipinski definition) is 1. The highest BCUT2D eigenvalue weighted by molar-refractivity contribution is 5.29. The second-order valence-electron chi connectivity index (χ2n) is 4.81. The fourth-order valence-electron chi connectivity index (χ4n) is 2.45. The predicted molar refractivity (Wildman–Crippen MR) is 60.5 cm³/mol. The normalized spacial score (nSPS) is 20.0. The minimum atomic E-state index is -2.92. The minimum Gasteiger partial charge on any atom is -0.320 e. The molecule has 0 radical (unpaired) electrons. The van der Waals surface area contributed by atoms with Crippen LogP contribution in [0.1, 0.15) is 36.8 Å². The lowest BCUT2D eigenvalue weighted by molar-refractivity contribution is -0.0795. The van der Waals surface area contributed by atoms with Crippen LogP contribution in [0.3, 0.4) is 0 Å². The van der Waals surface area contributed by atoms with E-state index in [-0.39, 0.29) is 5.56 Å². The average molecular weight is 225 g/mol. The van der Waals surface area contributed by atoms with Crippen molar-refractivity contribution in [3.05, 3.63) is 35.4 Å². The van der Waals surface area contributed by atoms with Gasteiger partial charge in [0.2, 0.25) is 0 Å². The minimum absolute atomic E-state index is 0.0527. The van der Waals surface area contributed by atoms with Crippen molar-refractivity contribution in [2.45, 2.75) is 44.1 Å². The van der Waals surface area contributed by atoms with Crippen LogP contribution >= 0.6 is 0 Å². The van der Waals surface area contributed by atoms with Crippen LogP contribution in [0.15, 0.2) is 24.3 Å². The van der Waals surface area contributed by atoms with E-state index >= 15 is 0 Å². The van der Waals surface area contributed by atoms with Crippen molar-refractivity contribution >= 4 is 0 Å². The first-order chi connectivity index (χ1) is 7.46. The summed E-state index contributed by atoms with van der Waals surface area (Å²) in [5, 5.41) is 0. The van der Waals surface area contributed by atoms with Gasteiger partial charge in [-0.15, -0.1) is 0 Å². The molecule has 1 aliphatic carbocycles. The van der Waals surface area contributed by atoms with Gasteiger partial charge in [-0.2, -0.15) is 8.78 Å². The Balaban J connectivity index is 2.37. The topological polar surface area (TPSA) is 26.0 Å². The van der Waals surface area contributed by atoms with Crippen LogP contribution in [0.2, 0.25) is 0 Å². The van der Waals surface area contributed by atoms with Crippen molar-refractivity contribution in [2.24, 2.45) is 5.73 Å². The molecule has 0 spiro atoms. The van der Waals surface area contributed by atoms with Crippen LogP contribution in [-0.4, -0.2) is 5.54 Å². The zero-order valence-corrected chi connectivity index (χ0v) is 9.47. The van der Waals surface area contributed by atoms with E-state index in [1.165, 1.54) is 12.1 Å². The molecule has 0 bridgehead atoms. The van der Waals surface area contributed by atoms with Gasteiger partial charge in [0.15, 0.2) is 0 Å². The Morgan fingerprint density at radius 2 is 1.88 bits per heavy atom. The zero-order chi connectivity index (χ0) is 11.8. The Kier molecular flexibility index (Phi) is 2.74. The summed E-state index contributed by atoms with van der Waals surface area (Å²) < 4.78 is 28.6. The predicted octanol–water partition coefficient (Wildman–Crippen LogP) is 3.36. The maximum atomic E-state index is 14.3. The van der Waals surface area contributed by atoms with E-state index in [2.05, 4.69) is 0 Å². The highest BCUT2D eigenvalue weighted by Gasteiger charge is 2.53. The van der Waals surface area contributed by atoms with Crippen molar-refractivity contribution in [1.82, 2.24) is 0 Å². The maximum Gasteiger partial charge on any atom is 0.290 e. The number of halogens is 2. The Morgan fingerprint density at radius 1 is 1.25 bits per heavy atom. The van der Waals surface area contributed by atoms with Gasteiger partial charge in [0.05, 0.1) is 5.54 Å². The molecule has 0 aliphatic heterocycles. The summed E-state index contributed by atoms with van der Waals surface area (Å²) in [6, 6.07) is 6.49. The molecule has 2 rings (SSSR count). The summed E-state index contributed by atoms with van der Waals surface area (Å²) in [7, 11) is 0. The summed E-state index contributed by atoms with van der Waals surface area (Å²) >= 11 is 0. The van der Waals surface area contributed by atoms with E-state index < -0.39 is 11.5 Å². The molecule has 1 fully saturated rings. The van der Waals surface area contributed by atoms with Gasteiger partial charge in [-0.1, -0.05) is 42.7 Å². The smallest absolute Gasteiger partial charge is 0.290 e. The fraction of sp³-hybridized carbons (Fsp3) is 0.538. The number of rotatable bonds is 2. The summed E-state index contributed by atoms with van der Waals surface area (Å²) in [4.78, 5) is 0. The van der Waals surface area contributed by atoms with E-state index in [1.807, 2.05) is 13.0 Å². The summed E-state index contributed by atoms with van der Waals surface area (Å²) in [5.74, 6) is -2.92. The highest BCUT2D eigenvalue weighted by atomic mass is 19.3. The van der Waals surface area contributed by atoms with Crippen LogP contribution in [0.4, 0.5) is 8.78 Å². The average Bonchev–Trinajstić information content (AvgIpc) is 2.67. The third kappa shape index (κ3) is 1.73. The lowest BCUT2D eigenvalue weighted by Crippen LogP contribution is -2.51. The molecule has 2 N–H and O–H groups in total. The Hall–Kier alpha value is -0.960. The second-order valence-corrected chi connectivity index (χ2v) is 4.81. The van der Waals surface area contributed by atoms with Gasteiger partial charge in [0.1, 0.15) is 0 Å². The highest BCUT2D eigenvalue weighted by Crippen LogP contribution is 2.46. The molecule has 1 aromatic carbocycles. The van der Waals surface area contributed by atoms with Gasteiger partial charge in [0.25, 0.3) is 5.92 Å². The molecule has 0 heterocycles. The number of alkyl halides is 2. The van der Waals surface area contributed by atoms with E-state index in [0.717, 1.165) is 18.4 Å². The number of aryl methyl sites for hydroxylation is 1. The molecular formula is C13H17F2N. The van der Waals surface area contributed by atoms with E-state index in [1.54, 1.807) is 6.07 Å². The molecule has 1 aliphatic rings. The summed E-state index contributed by atoms with van der Waals surface area (Å²) in [5.41, 5.74) is 5.42. The molecule has 0 atom stereocenters. The SMILES string of the molecule is Cc1cccc(C(F)(F)C2(N)CCCC2)c1. The van der Waals surface area contributed by atoms with E-state index in [4.69, 9.17) is 5.73 Å². The molecule has 0 aromatic heterocycles. The first-order valence-electron chi connectivity index (χ1n) is 5.70. The maximum absolute atomic E-state index is 14.3. The van der Waals surface area contributed by atoms with Crippen LogP contribution in [0.5, 0.6) is 0 Å². The molecule has 0 unspecified atom stereocenters. The zero-order valence-electron chi connectivity index (χ0n) is 9.47. The van der Waals surface area contributed by atoms with Gasteiger partial charge in [-0.3, -0.25) is 0 Å². The van der Waals surface area contributed by atoms with Crippen molar-refractivity contribution in [1.29, 1.82) is 0 Å². The van der Waals surface area contributed by atoms with Crippen molar-refractivity contribution in [2.75, 3.05) is 0 Å². The standard InChI is InChI=1S/C13H17F2N/c1-10-5-4-6-11(9-10)13(14,15)12(16)7-2-3-8-12/h4-6,9H,2-3,7-8,16H2,1H3. The largest absolute Gasteiger partial charge is 0.320 e. The Labute approximate surface area is 94.7 Å². The molecule has 1 saturated carbocycles. The van der Waals surface area contributed by atoms with E-state index in [0.29, 0.717) is 12.8 Å². The number of hydrogen-bond donors (Lipinski definition) is 1. The third-order valence-corrected chi connectivity index (χ3v) is 3.50. The lowest BCUT2D eigenvalue weighted by Gasteiger charge is -2.34. The van der Waals surface area contributed by atoms with Gasteiger partial charge in [-0.25, -0.2) is 0 Å². The first kappa shape index (κ1) is 11.5. The number of nitrogens with two attached hydrogens (primary N) is 1. The molecule has 88 valence electrons.